The second-order valence-corrected chi connectivity index (χ2v) is 6.45. The largest absolute Gasteiger partial charge is 0.494 e. The summed E-state index contributed by atoms with van der Waals surface area (Å²) in [5, 5.41) is 3.03. The maximum atomic E-state index is 12.6. The Labute approximate surface area is 146 Å². The lowest BCUT2D eigenvalue weighted by Crippen LogP contribution is -2.32. The molecule has 0 spiro atoms. The molecule has 0 saturated heterocycles. The number of rotatable bonds is 5. The Morgan fingerprint density at radius 1 is 1.33 bits per heavy atom. The van der Waals surface area contributed by atoms with Gasteiger partial charge < -0.3 is 14.8 Å². The monoisotopic (exact) mass is 343 g/mol. The van der Waals surface area contributed by atoms with Crippen LogP contribution in [0.1, 0.15) is 12.5 Å². The number of carbonyl (C=O) groups excluding carboxylic acids is 1. The Hall–Kier alpha value is -2.14. The van der Waals surface area contributed by atoms with Gasteiger partial charge in [0.1, 0.15) is 18.1 Å². The third-order valence-electron chi connectivity index (χ3n) is 3.98. The fourth-order valence-corrected chi connectivity index (χ4v) is 3.33. The van der Waals surface area contributed by atoms with E-state index in [0.717, 1.165) is 27.6 Å². The Balaban J connectivity index is 1.72. The van der Waals surface area contributed by atoms with Crippen LogP contribution in [0.4, 0.5) is 5.69 Å². The first-order valence-electron chi connectivity index (χ1n) is 8.03. The van der Waals surface area contributed by atoms with E-state index < -0.39 is 0 Å². The minimum Gasteiger partial charge on any atom is -0.494 e. The van der Waals surface area contributed by atoms with Crippen molar-refractivity contribution in [2.75, 3.05) is 24.8 Å². The zero-order valence-electron chi connectivity index (χ0n) is 13.9. The predicted molar refractivity (Wildman–Crippen MR) is 97.2 cm³/mol. The van der Waals surface area contributed by atoms with Gasteiger partial charge in [-0.15, -0.1) is 11.8 Å². The number of benzene rings is 2. The first kappa shape index (κ1) is 16.7. The van der Waals surface area contributed by atoms with Crippen LogP contribution in [0.5, 0.6) is 11.5 Å². The molecule has 1 heterocycles. The number of fused-ring (bicyclic) bond motifs is 1. The zero-order valence-corrected chi connectivity index (χ0v) is 14.7. The summed E-state index contributed by atoms with van der Waals surface area (Å²) in [6, 6.07) is 13.6. The molecule has 2 aromatic rings. The quantitative estimate of drug-likeness (QED) is 0.834. The molecule has 0 bridgehead atoms. The molecule has 1 unspecified atom stereocenters. The van der Waals surface area contributed by atoms with Crippen molar-refractivity contribution in [1.82, 2.24) is 0 Å². The van der Waals surface area contributed by atoms with E-state index in [1.807, 2.05) is 55.6 Å². The smallest absolute Gasteiger partial charge is 0.231 e. The topological polar surface area (TPSA) is 47.6 Å². The number of anilines is 1. The summed E-state index contributed by atoms with van der Waals surface area (Å²) < 4.78 is 11.3. The lowest BCUT2D eigenvalue weighted by atomic mass is 9.95. The van der Waals surface area contributed by atoms with Gasteiger partial charge in [-0.3, -0.25) is 4.79 Å². The van der Waals surface area contributed by atoms with Gasteiger partial charge in [0.25, 0.3) is 0 Å². The van der Waals surface area contributed by atoms with Crippen LogP contribution in [0.25, 0.3) is 0 Å². The van der Waals surface area contributed by atoms with E-state index in [1.165, 1.54) is 0 Å². The number of amides is 1. The van der Waals surface area contributed by atoms with Crippen molar-refractivity contribution in [3.63, 3.8) is 0 Å². The minimum atomic E-state index is -0.204. The molecule has 0 radical (unpaired) electrons. The molecule has 1 aliphatic heterocycles. The molecule has 5 heteroatoms. The van der Waals surface area contributed by atoms with Gasteiger partial charge in [-0.25, -0.2) is 0 Å². The molecule has 0 fully saturated rings. The van der Waals surface area contributed by atoms with Crippen molar-refractivity contribution >= 4 is 23.4 Å². The van der Waals surface area contributed by atoms with E-state index in [2.05, 4.69) is 5.32 Å². The van der Waals surface area contributed by atoms with Gasteiger partial charge in [-0.05, 0) is 55.5 Å². The third kappa shape index (κ3) is 3.67. The van der Waals surface area contributed by atoms with Crippen molar-refractivity contribution in [2.24, 2.45) is 5.92 Å². The Morgan fingerprint density at radius 2 is 2.17 bits per heavy atom. The van der Waals surface area contributed by atoms with Gasteiger partial charge in [0.2, 0.25) is 5.91 Å². The summed E-state index contributed by atoms with van der Waals surface area (Å²) in [7, 11) is 0. The summed E-state index contributed by atoms with van der Waals surface area (Å²) in [5.41, 5.74) is 1.87. The fraction of sp³-hybridized carbons (Fsp3) is 0.316. The summed E-state index contributed by atoms with van der Waals surface area (Å²) in [4.78, 5) is 13.7. The SMILES string of the molecule is CCOc1ccc2c(c1)CC(C(=O)Nc1ccccc1SC)CO2. The molecule has 0 saturated carbocycles. The Morgan fingerprint density at radius 3 is 2.96 bits per heavy atom. The standard InChI is InChI=1S/C19H21NO3S/c1-3-22-15-8-9-17-13(11-15)10-14(12-23-17)19(21)20-16-6-4-5-7-18(16)24-2/h4-9,11,14H,3,10,12H2,1-2H3,(H,20,21). The predicted octanol–water partition coefficient (Wildman–Crippen LogP) is 4.00. The highest BCUT2D eigenvalue weighted by atomic mass is 32.2. The average molecular weight is 343 g/mol. The molecule has 2 aromatic carbocycles. The first-order valence-corrected chi connectivity index (χ1v) is 9.26. The molecular weight excluding hydrogens is 322 g/mol. The van der Waals surface area contributed by atoms with E-state index in [4.69, 9.17) is 9.47 Å². The van der Waals surface area contributed by atoms with Gasteiger partial charge in [0, 0.05) is 4.90 Å². The maximum Gasteiger partial charge on any atom is 0.231 e. The Bertz CT molecular complexity index is 732. The minimum absolute atomic E-state index is 0.0102. The highest BCUT2D eigenvalue weighted by Gasteiger charge is 2.26. The number of ether oxygens (including phenoxy) is 2. The molecular formula is C19H21NO3S. The van der Waals surface area contributed by atoms with Crippen molar-refractivity contribution < 1.29 is 14.3 Å². The van der Waals surface area contributed by atoms with Crippen LogP contribution < -0.4 is 14.8 Å². The lowest BCUT2D eigenvalue weighted by Gasteiger charge is -2.25. The second-order valence-electron chi connectivity index (χ2n) is 5.60. The van der Waals surface area contributed by atoms with E-state index in [0.29, 0.717) is 19.6 Å². The van der Waals surface area contributed by atoms with Gasteiger partial charge in [-0.2, -0.15) is 0 Å². The van der Waals surface area contributed by atoms with Crippen LogP contribution in [0, 0.1) is 5.92 Å². The van der Waals surface area contributed by atoms with Crippen molar-refractivity contribution in [1.29, 1.82) is 0 Å². The Kier molecular flexibility index (Phi) is 5.30. The summed E-state index contributed by atoms with van der Waals surface area (Å²) >= 11 is 1.62. The van der Waals surface area contributed by atoms with Crippen molar-refractivity contribution in [3.8, 4) is 11.5 Å². The van der Waals surface area contributed by atoms with Gasteiger partial charge >= 0.3 is 0 Å². The van der Waals surface area contributed by atoms with E-state index in [1.54, 1.807) is 11.8 Å². The van der Waals surface area contributed by atoms with Crippen molar-refractivity contribution in [3.05, 3.63) is 48.0 Å². The van der Waals surface area contributed by atoms with Gasteiger partial charge in [0.05, 0.1) is 18.2 Å². The lowest BCUT2D eigenvalue weighted by molar-refractivity contribution is -0.121. The number of hydrogen-bond acceptors (Lipinski definition) is 4. The first-order chi connectivity index (χ1) is 11.7. The molecule has 0 aromatic heterocycles. The fourth-order valence-electron chi connectivity index (χ4n) is 2.78. The van der Waals surface area contributed by atoms with Gasteiger partial charge in [-0.1, -0.05) is 12.1 Å². The summed E-state index contributed by atoms with van der Waals surface area (Å²) in [5.74, 6) is 1.44. The molecule has 0 aliphatic carbocycles. The van der Waals surface area contributed by atoms with Crippen LogP contribution >= 0.6 is 11.8 Å². The molecule has 24 heavy (non-hydrogen) atoms. The van der Waals surface area contributed by atoms with Gasteiger partial charge in [0.15, 0.2) is 0 Å². The molecule has 4 nitrogen and oxygen atoms in total. The van der Waals surface area contributed by atoms with E-state index in [-0.39, 0.29) is 11.8 Å². The molecule has 1 aliphatic rings. The summed E-state index contributed by atoms with van der Waals surface area (Å²) in [6.07, 6.45) is 2.66. The molecule has 1 N–H and O–H groups in total. The zero-order chi connectivity index (χ0) is 16.9. The highest BCUT2D eigenvalue weighted by molar-refractivity contribution is 7.98. The number of thioether (sulfide) groups is 1. The highest BCUT2D eigenvalue weighted by Crippen LogP contribution is 2.32. The molecule has 126 valence electrons. The second kappa shape index (κ2) is 7.62. The van der Waals surface area contributed by atoms with Crippen LogP contribution in [0.3, 0.4) is 0 Å². The van der Waals surface area contributed by atoms with E-state index >= 15 is 0 Å². The van der Waals surface area contributed by atoms with E-state index in [9.17, 15) is 4.79 Å². The normalized spacial score (nSPS) is 16.0. The van der Waals surface area contributed by atoms with Crippen LogP contribution in [-0.4, -0.2) is 25.4 Å². The number of carbonyl (C=O) groups is 1. The van der Waals surface area contributed by atoms with Crippen LogP contribution in [-0.2, 0) is 11.2 Å². The maximum absolute atomic E-state index is 12.6. The molecule has 3 rings (SSSR count). The molecule has 1 atom stereocenters. The molecule has 1 amide bonds. The number of hydrogen-bond donors (Lipinski definition) is 1. The number of para-hydroxylation sites is 1. The average Bonchev–Trinajstić information content (AvgIpc) is 2.62. The number of nitrogens with one attached hydrogen (secondary N) is 1. The van der Waals surface area contributed by atoms with Crippen molar-refractivity contribution in [2.45, 2.75) is 18.2 Å². The van der Waals surface area contributed by atoms with Crippen LogP contribution in [0.15, 0.2) is 47.4 Å². The summed E-state index contributed by atoms with van der Waals surface area (Å²) in [6.45, 7) is 2.97. The van der Waals surface area contributed by atoms with Crippen LogP contribution in [0.2, 0.25) is 0 Å². The third-order valence-corrected chi connectivity index (χ3v) is 4.78.